The maximum absolute atomic E-state index is 11.2. The van der Waals surface area contributed by atoms with Crippen LogP contribution in [0.25, 0.3) is 0 Å². The Morgan fingerprint density at radius 2 is 1.16 bits per heavy atom. The fourth-order valence-electron chi connectivity index (χ4n) is 6.49. The van der Waals surface area contributed by atoms with Crippen LogP contribution in [-0.2, 0) is 19.3 Å². The first-order chi connectivity index (χ1) is 23.7. The Labute approximate surface area is 287 Å². The van der Waals surface area contributed by atoms with Gasteiger partial charge in [0, 0.05) is 23.6 Å². The fraction of sp³-hybridized carbons (Fsp3) is 0.375. The number of phenolic OH excluding ortho intramolecular Hbond substituents is 4. The number of carbonyl (C=O) groups excluding carboxylic acids is 1. The third-order valence-corrected chi connectivity index (χ3v) is 8.98. The number of aldehydes is 1. The van der Waals surface area contributed by atoms with Crippen molar-refractivity contribution < 1.29 is 44.2 Å². The Morgan fingerprint density at radius 3 is 1.78 bits per heavy atom. The topological polar surface area (TPSA) is 135 Å². The van der Waals surface area contributed by atoms with Crippen molar-refractivity contribution in [2.24, 2.45) is 5.92 Å². The van der Waals surface area contributed by atoms with Crippen molar-refractivity contribution in [1.82, 2.24) is 0 Å². The van der Waals surface area contributed by atoms with Crippen LogP contribution in [-0.4, -0.2) is 53.1 Å². The molecule has 0 heterocycles. The average molecular weight is 671 g/mol. The van der Waals surface area contributed by atoms with Crippen LogP contribution in [0.15, 0.2) is 54.6 Å². The van der Waals surface area contributed by atoms with Gasteiger partial charge in [0.1, 0.15) is 17.8 Å². The normalized spacial score (nSPS) is 12.7. The van der Waals surface area contributed by atoms with Crippen LogP contribution in [0.2, 0.25) is 0 Å². The van der Waals surface area contributed by atoms with Crippen molar-refractivity contribution in [3.63, 3.8) is 0 Å². The van der Waals surface area contributed by atoms with E-state index >= 15 is 0 Å². The molecule has 0 bridgehead atoms. The number of hydrogen-bond donors (Lipinski definition) is 4. The number of carbonyl (C=O) groups is 1. The van der Waals surface area contributed by atoms with Crippen LogP contribution in [0.1, 0.15) is 90.2 Å². The number of hydrogen-bond acceptors (Lipinski definition) is 9. The van der Waals surface area contributed by atoms with Crippen molar-refractivity contribution in [3.05, 3.63) is 93.5 Å². The third-order valence-electron chi connectivity index (χ3n) is 8.98. The molecular formula is C40H46O9. The van der Waals surface area contributed by atoms with Crippen molar-refractivity contribution in [2.45, 2.75) is 65.7 Å². The molecule has 0 fully saturated rings. The van der Waals surface area contributed by atoms with E-state index in [0.717, 1.165) is 59.1 Å². The largest absolute Gasteiger partial charge is 0.508 e. The first-order valence-corrected chi connectivity index (χ1v) is 17.1. The average Bonchev–Trinajstić information content (AvgIpc) is 3.12. The highest BCUT2D eigenvalue weighted by atomic mass is 16.5. The van der Waals surface area contributed by atoms with Gasteiger partial charge in [-0.1, -0.05) is 19.8 Å². The van der Waals surface area contributed by atoms with E-state index in [0.29, 0.717) is 86.5 Å². The second-order valence-electron chi connectivity index (χ2n) is 12.4. The van der Waals surface area contributed by atoms with Gasteiger partial charge in [-0.3, -0.25) is 4.79 Å². The minimum Gasteiger partial charge on any atom is -0.508 e. The van der Waals surface area contributed by atoms with Gasteiger partial charge in [-0.25, -0.2) is 0 Å². The Hall–Kier alpha value is -5.05. The fourth-order valence-corrected chi connectivity index (χ4v) is 6.49. The maximum Gasteiger partial charge on any atom is 0.161 e. The van der Waals surface area contributed by atoms with E-state index in [4.69, 9.17) is 18.9 Å². The van der Waals surface area contributed by atoms with Gasteiger partial charge in [-0.05, 0) is 122 Å². The lowest BCUT2D eigenvalue weighted by atomic mass is 9.93. The molecule has 1 aliphatic rings. The van der Waals surface area contributed by atoms with E-state index in [-0.39, 0.29) is 23.0 Å². The van der Waals surface area contributed by atoms with Gasteiger partial charge in [0.25, 0.3) is 0 Å². The zero-order valence-electron chi connectivity index (χ0n) is 28.5. The molecule has 5 rings (SSSR count). The van der Waals surface area contributed by atoms with E-state index in [1.165, 1.54) is 6.07 Å². The summed E-state index contributed by atoms with van der Waals surface area (Å²) in [5.74, 6) is 2.13. The highest BCUT2D eigenvalue weighted by Crippen LogP contribution is 2.40. The zero-order chi connectivity index (χ0) is 34.9. The highest BCUT2D eigenvalue weighted by molar-refractivity contribution is 5.76. The predicted octanol–water partition coefficient (Wildman–Crippen LogP) is 7.86. The third kappa shape index (κ3) is 8.71. The summed E-state index contributed by atoms with van der Waals surface area (Å²) in [4.78, 5) is 11.0. The number of ether oxygens (including phenoxy) is 4. The molecule has 1 aliphatic carbocycles. The van der Waals surface area contributed by atoms with Gasteiger partial charge in [-0.15, -0.1) is 0 Å². The van der Waals surface area contributed by atoms with Crippen LogP contribution in [0.4, 0.5) is 0 Å². The van der Waals surface area contributed by atoms with Crippen molar-refractivity contribution in [2.75, 3.05) is 26.4 Å². The van der Waals surface area contributed by atoms with Crippen molar-refractivity contribution in [1.29, 1.82) is 0 Å². The number of rotatable bonds is 15. The number of fused-ring (bicyclic) bond motifs is 3. The van der Waals surface area contributed by atoms with Gasteiger partial charge in [0.05, 0.1) is 26.4 Å². The van der Waals surface area contributed by atoms with Gasteiger partial charge in [0.15, 0.2) is 34.5 Å². The first kappa shape index (κ1) is 35.3. The van der Waals surface area contributed by atoms with Crippen LogP contribution in [0.5, 0.6) is 46.0 Å². The molecule has 0 aliphatic heterocycles. The molecule has 0 aromatic heterocycles. The summed E-state index contributed by atoms with van der Waals surface area (Å²) in [6.07, 6.45) is 5.49. The second kappa shape index (κ2) is 16.4. The molecule has 260 valence electrons. The van der Waals surface area contributed by atoms with Gasteiger partial charge in [-0.2, -0.15) is 0 Å². The Balaban J connectivity index is 1.37. The lowest BCUT2D eigenvalue weighted by molar-refractivity contribution is 0.112. The minimum absolute atomic E-state index is 0.0316. The SMILES string of the molecule is CCCC(CCOc1ccc(C=O)cc1O)CCOc1cc2c(cc1O)Cc1cc(OCC)c(O)cc1Cc1cc(OCC)cc(O)c1C2. The summed E-state index contributed by atoms with van der Waals surface area (Å²) in [5, 5.41) is 43.3. The monoisotopic (exact) mass is 670 g/mol. The van der Waals surface area contributed by atoms with Gasteiger partial charge < -0.3 is 39.4 Å². The minimum atomic E-state index is -0.0629. The number of phenols is 4. The molecule has 4 aromatic carbocycles. The summed E-state index contributed by atoms with van der Waals surface area (Å²) >= 11 is 0. The van der Waals surface area contributed by atoms with Gasteiger partial charge in [0.2, 0.25) is 0 Å². The molecule has 1 unspecified atom stereocenters. The smallest absolute Gasteiger partial charge is 0.161 e. The lowest BCUT2D eigenvalue weighted by Gasteiger charge is -2.19. The van der Waals surface area contributed by atoms with Crippen LogP contribution in [0.3, 0.4) is 0 Å². The number of benzene rings is 4. The van der Waals surface area contributed by atoms with E-state index in [1.807, 2.05) is 32.0 Å². The zero-order valence-corrected chi connectivity index (χ0v) is 28.5. The standard InChI is InChI=1S/C40H46O9/c1-4-7-25(10-12-48-38-9-8-26(24-41)14-35(38)43)11-13-49-40-22-30-18-33-31(17-32(46-5-2)23-34(33)42)16-28-20-36(44)39(47-6-3)21-29(28)15-27(30)19-37(40)45/h8-9,14,17,19-25,42-45H,4-7,10-13,15-16,18H2,1-3H3. The van der Waals surface area contributed by atoms with Crippen LogP contribution >= 0.6 is 0 Å². The molecule has 1 atom stereocenters. The second-order valence-corrected chi connectivity index (χ2v) is 12.4. The van der Waals surface area contributed by atoms with Crippen LogP contribution in [0, 0.1) is 5.92 Å². The highest BCUT2D eigenvalue weighted by Gasteiger charge is 2.22. The first-order valence-electron chi connectivity index (χ1n) is 17.1. The molecular weight excluding hydrogens is 624 g/mol. The van der Waals surface area contributed by atoms with E-state index in [1.54, 1.807) is 30.3 Å². The summed E-state index contributed by atoms with van der Waals surface area (Å²) in [6, 6.07) is 15.3. The van der Waals surface area contributed by atoms with Gasteiger partial charge >= 0.3 is 0 Å². The summed E-state index contributed by atoms with van der Waals surface area (Å²) < 4.78 is 23.5. The molecule has 0 saturated carbocycles. The molecule has 0 amide bonds. The quantitative estimate of drug-likeness (QED) is 0.0821. The van der Waals surface area contributed by atoms with Crippen LogP contribution < -0.4 is 18.9 Å². The summed E-state index contributed by atoms with van der Waals surface area (Å²) in [5.41, 5.74) is 5.64. The lowest BCUT2D eigenvalue weighted by Crippen LogP contribution is -2.12. The summed E-state index contributed by atoms with van der Waals surface area (Å²) in [7, 11) is 0. The van der Waals surface area contributed by atoms with E-state index in [9.17, 15) is 25.2 Å². The van der Waals surface area contributed by atoms with E-state index < -0.39 is 0 Å². The molecule has 9 nitrogen and oxygen atoms in total. The molecule has 4 aromatic rings. The molecule has 0 spiro atoms. The molecule has 49 heavy (non-hydrogen) atoms. The van der Waals surface area contributed by atoms with Crippen molar-refractivity contribution >= 4 is 6.29 Å². The Kier molecular flexibility index (Phi) is 11.8. The number of aromatic hydroxyl groups is 4. The maximum atomic E-state index is 11.2. The summed E-state index contributed by atoms with van der Waals surface area (Å²) in [6.45, 7) is 7.55. The molecule has 0 radical (unpaired) electrons. The molecule has 0 saturated heterocycles. The van der Waals surface area contributed by atoms with Crippen molar-refractivity contribution in [3.8, 4) is 46.0 Å². The Morgan fingerprint density at radius 1 is 0.592 bits per heavy atom. The Bertz CT molecular complexity index is 1760. The molecule has 9 heteroatoms. The predicted molar refractivity (Wildman–Crippen MR) is 187 cm³/mol. The molecule has 4 N–H and O–H groups in total. The van der Waals surface area contributed by atoms with E-state index in [2.05, 4.69) is 6.92 Å².